The maximum absolute atomic E-state index is 12.2. The molecule has 1 unspecified atom stereocenters. The highest BCUT2D eigenvalue weighted by Crippen LogP contribution is 2.20. The number of nitrogens with zero attached hydrogens (tertiary/aromatic N) is 1. The molecule has 2 N–H and O–H groups in total. The van der Waals surface area contributed by atoms with Crippen LogP contribution < -0.4 is 10.9 Å². The second-order valence-corrected chi connectivity index (χ2v) is 6.38. The van der Waals surface area contributed by atoms with Crippen LogP contribution in [-0.4, -0.2) is 29.2 Å². The summed E-state index contributed by atoms with van der Waals surface area (Å²) in [6.45, 7) is 0.824. The number of rotatable bonds is 5. The molecule has 1 atom stereocenters. The lowest BCUT2D eigenvalue weighted by Crippen LogP contribution is -2.44. The van der Waals surface area contributed by atoms with Crippen LogP contribution in [0.1, 0.15) is 17.5 Å². The number of hydrogen-bond acceptors (Lipinski definition) is 3. The Bertz CT molecular complexity index is 834. The maximum Gasteiger partial charge on any atom is 0.262 e. The number of amides is 3. The Morgan fingerprint density at radius 1 is 1.00 bits per heavy atom. The number of hydrazine groups is 1. The number of nitrogens with one attached hydrogen (secondary N) is 2. The van der Waals surface area contributed by atoms with Gasteiger partial charge in [-0.05, 0) is 17.2 Å². The van der Waals surface area contributed by atoms with E-state index in [1.165, 1.54) is 6.08 Å². The third kappa shape index (κ3) is 5.28. The summed E-state index contributed by atoms with van der Waals surface area (Å²) in [4.78, 5) is 37.9. The normalized spacial score (nSPS) is 16.5. The van der Waals surface area contributed by atoms with Gasteiger partial charge in [0.2, 0.25) is 11.8 Å². The summed E-state index contributed by atoms with van der Waals surface area (Å²) < 4.78 is 0. The van der Waals surface area contributed by atoms with Crippen LogP contribution >= 0.6 is 0 Å². The molecule has 27 heavy (non-hydrogen) atoms. The molecule has 0 spiro atoms. The first-order valence-electron chi connectivity index (χ1n) is 8.76. The van der Waals surface area contributed by atoms with Crippen LogP contribution in [-0.2, 0) is 20.9 Å². The highest BCUT2D eigenvalue weighted by Gasteiger charge is 2.34. The number of carbonyl (C=O) groups is 3. The van der Waals surface area contributed by atoms with E-state index < -0.39 is 11.8 Å². The van der Waals surface area contributed by atoms with Crippen LogP contribution in [0.5, 0.6) is 0 Å². The van der Waals surface area contributed by atoms with E-state index in [0.717, 1.165) is 11.1 Å². The van der Waals surface area contributed by atoms with Crippen molar-refractivity contribution in [2.75, 3.05) is 6.54 Å². The van der Waals surface area contributed by atoms with Gasteiger partial charge in [0, 0.05) is 25.6 Å². The lowest BCUT2D eigenvalue weighted by Gasteiger charge is -2.16. The van der Waals surface area contributed by atoms with Gasteiger partial charge in [-0.15, -0.1) is 0 Å². The zero-order valence-corrected chi connectivity index (χ0v) is 14.8. The average Bonchev–Trinajstić information content (AvgIpc) is 3.06. The smallest absolute Gasteiger partial charge is 0.262 e. The maximum atomic E-state index is 12.2. The average molecular weight is 363 g/mol. The third-order valence-corrected chi connectivity index (χ3v) is 4.34. The van der Waals surface area contributed by atoms with Gasteiger partial charge in [0.05, 0.1) is 5.92 Å². The molecule has 0 aromatic heterocycles. The van der Waals surface area contributed by atoms with Crippen LogP contribution in [0.25, 0.3) is 6.08 Å². The van der Waals surface area contributed by atoms with Crippen molar-refractivity contribution in [1.82, 2.24) is 15.8 Å². The Labute approximate surface area is 157 Å². The van der Waals surface area contributed by atoms with Crippen LogP contribution in [0.2, 0.25) is 0 Å². The fourth-order valence-electron chi connectivity index (χ4n) is 2.91. The second-order valence-electron chi connectivity index (χ2n) is 6.38. The topological polar surface area (TPSA) is 78.5 Å². The van der Waals surface area contributed by atoms with E-state index in [4.69, 9.17) is 0 Å². The van der Waals surface area contributed by atoms with Crippen molar-refractivity contribution in [2.45, 2.75) is 13.0 Å². The Morgan fingerprint density at radius 2 is 1.67 bits per heavy atom. The van der Waals surface area contributed by atoms with Gasteiger partial charge in [0.25, 0.3) is 5.91 Å². The summed E-state index contributed by atoms with van der Waals surface area (Å²) in [7, 11) is 0. The number of benzene rings is 2. The van der Waals surface area contributed by atoms with Gasteiger partial charge in [0.15, 0.2) is 0 Å². The SMILES string of the molecule is O=C(/C=C/c1ccccc1)NNC(=O)C1CC(=O)N(Cc2ccccc2)C1. The number of likely N-dealkylation sites (tertiary alicyclic amines) is 1. The molecule has 0 saturated carbocycles. The summed E-state index contributed by atoms with van der Waals surface area (Å²) in [5.74, 6) is -1.33. The quantitative estimate of drug-likeness (QED) is 0.629. The summed E-state index contributed by atoms with van der Waals surface area (Å²) in [5, 5.41) is 0. The Kier molecular flexibility index (Phi) is 5.99. The Morgan fingerprint density at radius 3 is 2.37 bits per heavy atom. The van der Waals surface area contributed by atoms with Crippen LogP contribution in [0.4, 0.5) is 0 Å². The second kappa shape index (κ2) is 8.80. The van der Waals surface area contributed by atoms with Gasteiger partial charge in [-0.25, -0.2) is 0 Å². The predicted octanol–water partition coefficient (Wildman–Crippen LogP) is 1.90. The van der Waals surface area contributed by atoms with Gasteiger partial charge in [0.1, 0.15) is 0 Å². The lowest BCUT2D eigenvalue weighted by atomic mass is 10.1. The largest absolute Gasteiger partial charge is 0.338 e. The molecule has 3 amide bonds. The molecule has 0 radical (unpaired) electrons. The molecule has 138 valence electrons. The minimum absolute atomic E-state index is 0.0608. The molecular weight excluding hydrogens is 342 g/mol. The molecule has 2 aromatic rings. The fraction of sp³-hybridized carbons (Fsp3) is 0.190. The summed E-state index contributed by atoms with van der Waals surface area (Å²) in [6.07, 6.45) is 3.15. The van der Waals surface area contributed by atoms with E-state index >= 15 is 0 Å². The first kappa shape index (κ1) is 18.4. The van der Waals surface area contributed by atoms with Gasteiger partial charge in [-0.2, -0.15) is 0 Å². The molecular formula is C21H21N3O3. The third-order valence-electron chi connectivity index (χ3n) is 4.34. The van der Waals surface area contributed by atoms with Gasteiger partial charge in [-0.3, -0.25) is 25.2 Å². The van der Waals surface area contributed by atoms with E-state index in [0.29, 0.717) is 13.1 Å². The van der Waals surface area contributed by atoms with E-state index in [2.05, 4.69) is 10.9 Å². The minimum atomic E-state index is -0.473. The van der Waals surface area contributed by atoms with Crippen LogP contribution in [0.3, 0.4) is 0 Å². The van der Waals surface area contributed by atoms with Gasteiger partial charge >= 0.3 is 0 Å². The molecule has 1 aliphatic heterocycles. The van der Waals surface area contributed by atoms with Crippen molar-refractivity contribution in [3.63, 3.8) is 0 Å². The van der Waals surface area contributed by atoms with Crippen molar-refractivity contribution < 1.29 is 14.4 Å². The van der Waals surface area contributed by atoms with Crippen molar-refractivity contribution >= 4 is 23.8 Å². The molecule has 2 aromatic carbocycles. The van der Waals surface area contributed by atoms with Crippen LogP contribution in [0, 0.1) is 5.92 Å². The van der Waals surface area contributed by atoms with Crippen LogP contribution in [0.15, 0.2) is 66.7 Å². The summed E-state index contributed by atoms with van der Waals surface area (Å²) >= 11 is 0. The summed E-state index contributed by atoms with van der Waals surface area (Å²) in [5.41, 5.74) is 6.66. The van der Waals surface area contributed by atoms with Crippen molar-refractivity contribution in [1.29, 1.82) is 0 Å². The van der Waals surface area contributed by atoms with E-state index in [9.17, 15) is 14.4 Å². The Balaban J connectivity index is 1.46. The standard InChI is InChI=1S/C21H21N3O3/c25-19(12-11-16-7-3-1-4-8-16)22-23-21(27)18-13-20(26)24(15-18)14-17-9-5-2-6-10-17/h1-12,18H,13-15H2,(H,22,25)(H,23,27)/b12-11+. The number of carbonyl (C=O) groups excluding carboxylic acids is 3. The zero-order valence-electron chi connectivity index (χ0n) is 14.8. The van der Waals surface area contributed by atoms with E-state index in [-0.39, 0.29) is 18.2 Å². The lowest BCUT2D eigenvalue weighted by molar-refractivity contribution is -0.130. The van der Waals surface area contributed by atoms with E-state index in [1.54, 1.807) is 11.0 Å². The Hall–Kier alpha value is -3.41. The van der Waals surface area contributed by atoms with Crippen molar-refractivity contribution in [2.24, 2.45) is 5.92 Å². The molecule has 3 rings (SSSR count). The van der Waals surface area contributed by atoms with Crippen molar-refractivity contribution in [3.05, 3.63) is 77.9 Å². The highest BCUT2D eigenvalue weighted by molar-refractivity contribution is 5.94. The zero-order chi connectivity index (χ0) is 19.1. The van der Waals surface area contributed by atoms with Gasteiger partial charge < -0.3 is 4.90 Å². The molecule has 0 bridgehead atoms. The molecule has 6 heteroatoms. The number of hydrogen-bond donors (Lipinski definition) is 2. The first-order valence-corrected chi connectivity index (χ1v) is 8.76. The molecule has 0 aliphatic carbocycles. The first-order chi connectivity index (χ1) is 13.1. The molecule has 1 heterocycles. The molecule has 1 aliphatic rings. The monoisotopic (exact) mass is 363 g/mol. The highest BCUT2D eigenvalue weighted by atomic mass is 16.2. The molecule has 1 saturated heterocycles. The summed E-state index contributed by atoms with van der Waals surface area (Å²) in [6, 6.07) is 19.0. The van der Waals surface area contributed by atoms with Crippen molar-refractivity contribution in [3.8, 4) is 0 Å². The molecule has 6 nitrogen and oxygen atoms in total. The van der Waals surface area contributed by atoms with Gasteiger partial charge in [-0.1, -0.05) is 60.7 Å². The fourth-order valence-corrected chi connectivity index (χ4v) is 2.91. The van der Waals surface area contributed by atoms with E-state index in [1.807, 2.05) is 60.7 Å². The predicted molar refractivity (Wildman–Crippen MR) is 102 cm³/mol. The molecule has 1 fully saturated rings. The minimum Gasteiger partial charge on any atom is -0.338 e.